The van der Waals surface area contributed by atoms with Gasteiger partial charge in [-0.25, -0.2) is 0 Å². The Morgan fingerprint density at radius 1 is 1.30 bits per heavy atom. The molecule has 4 nitrogen and oxygen atoms in total. The number of nitrogens with zero attached hydrogens (tertiary/aromatic N) is 1. The molecule has 0 bridgehead atoms. The number of pyridine rings is 1. The van der Waals surface area contributed by atoms with Gasteiger partial charge in [0.05, 0.1) is 5.52 Å². The Kier molecular flexibility index (Phi) is 3.40. The minimum absolute atomic E-state index is 0.00218. The lowest BCUT2D eigenvalue weighted by molar-refractivity contribution is -0.117. The van der Waals surface area contributed by atoms with E-state index in [4.69, 9.17) is 5.73 Å². The topological polar surface area (TPSA) is 68.0 Å². The van der Waals surface area contributed by atoms with Crippen LogP contribution in [-0.4, -0.2) is 16.4 Å². The molecule has 0 spiro atoms. The molecular weight excluding hydrogens is 250 g/mol. The molecule has 4 heteroatoms. The molecule has 2 aromatic rings. The van der Waals surface area contributed by atoms with Crippen LogP contribution in [-0.2, 0) is 4.79 Å². The summed E-state index contributed by atoms with van der Waals surface area (Å²) in [7, 11) is 0. The molecule has 1 amide bonds. The second-order valence-corrected chi connectivity index (χ2v) is 5.71. The summed E-state index contributed by atoms with van der Waals surface area (Å²) < 4.78 is 0. The highest BCUT2D eigenvalue weighted by Gasteiger charge is 2.31. The van der Waals surface area contributed by atoms with E-state index in [0.717, 1.165) is 42.3 Å². The maximum atomic E-state index is 12.1. The minimum atomic E-state index is -0.303. The molecule has 1 saturated carbocycles. The molecule has 0 aliphatic heterocycles. The number of rotatable bonds is 3. The van der Waals surface area contributed by atoms with Gasteiger partial charge in [-0.15, -0.1) is 0 Å². The summed E-state index contributed by atoms with van der Waals surface area (Å²) in [5.74, 6) is -0.00218. The molecule has 3 N–H and O–H groups in total. The van der Waals surface area contributed by atoms with Gasteiger partial charge in [0.25, 0.3) is 0 Å². The Morgan fingerprint density at radius 2 is 2.10 bits per heavy atom. The van der Waals surface area contributed by atoms with Crippen LogP contribution in [0.5, 0.6) is 0 Å². The van der Waals surface area contributed by atoms with Gasteiger partial charge < -0.3 is 11.1 Å². The highest BCUT2D eigenvalue weighted by molar-refractivity contribution is 5.94. The third-order valence-corrected chi connectivity index (χ3v) is 4.00. The van der Waals surface area contributed by atoms with Gasteiger partial charge in [-0.05, 0) is 37.1 Å². The fourth-order valence-electron chi connectivity index (χ4n) is 2.93. The van der Waals surface area contributed by atoms with Crippen molar-refractivity contribution in [3.05, 3.63) is 36.5 Å². The Balaban J connectivity index is 1.70. The van der Waals surface area contributed by atoms with Gasteiger partial charge in [-0.3, -0.25) is 9.78 Å². The summed E-state index contributed by atoms with van der Waals surface area (Å²) in [5.41, 5.74) is 7.66. The van der Waals surface area contributed by atoms with Crippen molar-refractivity contribution < 1.29 is 4.79 Å². The smallest absolute Gasteiger partial charge is 0.226 e. The van der Waals surface area contributed by atoms with Gasteiger partial charge >= 0.3 is 0 Å². The lowest BCUT2D eigenvalue weighted by atomic mass is 9.94. The molecule has 0 saturated heterocycles. The van der Waals surface area contributed by atoms with E-state index in [1.807, 2.05) is 30.3 Å². The molecule has 1 heterocycles. The van der Waals surface area contributed by atoms with Crippen LogP contribution >= 0.6 is 0 Å². The van der Waals surface area contributed by atoms with E-state index in [2.05, 4.69) is 10.3 Å². The molecule has 1 aromatic heterocycles. The van der Waals surface area contributed by atoms with Crippen molar-refractivity contribution in [1.29, 1.82) is 0 Å². The Hall–Kier alpha value is -1.94. The van der Waals surface area contributed by atoms with E-state index < -0.39 is 0 Å². The lowest BCUT2D eigenvalue weighted by Crippen LogP contribution is -2.40. The maximum Gasteiger partial charge on any atom is 0.226 e. The van der Waals surface area contributed by atoms with E-state index >= 15 is 0 Å². The molecular formula is C16H19N3O. The molecule has 3 rings (SSSR count). The van der Waals surface area contributed by atoms with Crippen LogP contribution in [0.15, 0.2) is 36.5 Å². The van der Waals surface area contributed by atoms with E-state index in [-0.39, 0.29) is 11.4 Å². The number of carbonyl (C=O) groups excluding carboxylic acids is 1. The van der Waals surface area contributed by atoms with Crippen LogP contribution in [0, 0.1) is 0 Å². The van der Waals surface area contributed by atoms with E-state index in [9.17, 15) is 4.79 Å². The molecule has 1 aliphatic carbocycles. The number of nitrogens with one attached hydrogen (secondary N) is 1. The number of hydrogen-bond donors (Lipinski definition) is 2. The van der Waals surface area contributed by atoms with Crippen molar-refractivity contribution in [2.75, 3.05) is 5.32 Å². The monoisotopic (exact) mass is 269 g/mol. The average Bonchev–Trinajstić information content (AvgIpc) is 2.84. The van der Waals surface area contributed by atoms with Crippen molar-refractivity contribution in [3.63, 3.8) is 0 Å². The fraction of sp³-hybridized carbons (Fsp3) is 0.375. The predicted molar refractivity (Wildman–Crippen MR) is 80.4 cm³/mol. The average molecular weight is 269 g/mol. The van der Waals surface area contributed by atoms with Crippen molar-refractivity contribution in [1.82, 2.24) is 4.98 Å². The SMILES string of the molecule is NC1(CC(=O)Nc2ccc3ncccc3c2)CCCC1. The molecule has 0 unspecified atom stereocenters. The molecule has 1 fully saturated rings. The number of anilines is 1. The predicted octanol–water partition coefficient (Wildman–Crippen LogP) is 2.83. The summed E-state index contributed by atoms with van der Waals surface area (Å²) in [6, 6.07) is 9.61. The molecule has 1 aromatic carbocycles. The Morgan fingerprint density at radius 3 is 2.90 bits per heavy atom. The zero-order valence-electron chi connectivity index (χ0n) is 11.4. The largest absolute Gasteiger partial charge is 0.326 e. The summed E-state index contributed by atoms with van der Waals surface area (Å²) in [6.07, 6.45) is 6.32. The van der Waals surface area contributed by atoms with E-state index in [0.29, 0.717) is 6.42 Å². The Labute approximate surface area is 118 Å². The van der Waals surface area contributed by atoms with Crippen molar-refractivity contribution in [2.24, 2.45) is 5.73 Å². The number of carbonyl (C=O) groups is 1. The summed E-state index contributed by atoms with van der Waals surface area (Å²) in [6.45, 7) is 0. The van der Waals surface area contributed by atoms with Crippen molar-refractivity contribution >= 4 is 22.5 Å². The molecule has 1 aliphatic rings. The highest BCUT2D eigenvalue weighted by Crippen LogP contribution is 2.30. The maximum absolute atomic E-state index is 12.1. The van der Waals surface area contributed by atoms with Gasteiger partial charge in [0.15, 0.2) is 0 Å². The number of amides is 1. The van der Waals surface area contributed by atoms with Crippen LogP contribution in [0.25, 0.3) is 10.9 Å². The third-order valence-electron chi connectivity index (χ3n) is 4.00. The van der Waals surface area contributed by atoms with Crippen LogP contribution in [0.3, 0.4) is 0 Å². The van der Waals surface area contributed by atoms with Crippen LogP contribution < -0.4 is 11.1 Å². The quantitative estimate of drug-likeness (QED) is 0.900. The van der Waals surface area contributed by atoms with Crippen molar-refractivity contribution in [3.8, 4) is 0 Å². The molecule has 104 valence electrons. The van der Waals surface area contributed by atoms with Crippen LogP contribution in [0.2, 0.25) is 0 Å². The second kappa shape index (κ2) is 5.21. The Bertz CT molecular complexity index is 632. The first-order valence-electron chi connectivity index (χ1n) is 7.08. The van der Waals surface area contributed by atoms with Gasteiger partial charge in [-0.2, -0.15) is 0 Å². The first-order chi connectivity index (χ1) is 9.65. The zero-order valence-corrected chi connectivity index (χ0v) is 11.4. The standard InChI is InChI=1S/C16H19N3O/c17-16(7-1-2-8-16)11-15(20)19-13-5-6-14-12(10-13)4-3-9-18-14/h3-6,9-10H,1-2,7-8,11,17H2,(H,19,20). The summed E-state index contributed by atoms with van der Waals surface area (Å²) >= 11 is 0. The fourth-order valence-corrected chi connectivity index (χ4v) is 2.93. The number of fused-ring (bicyclic) bond motifs is 1. The van der Waals surface area contributed by atoms with E-state index in [1.165, 1.54) is 0 Å². The van der Waals surface area contributed by atoms with Gasteiger partial charge in [0.1, 0.15) is 0 Å². The van der Waals surface area contributed by atoms with Crippen LogP contribution in [0.4, 0.5) is 5.69 Å². The summed E-state index contributed by atoms with van der Waals surface area (Å²) in [4.78, 5) is 16.4. The highest BCUT2D eigenvalue weighted by atomic mass is 16.1. The lowest BCUT2D eigenvalue weighted by Gasteiger charge is -2.22. The minimum Gasteiger partial charge on any atom is -0.326 e. The van der Waals surface area contributed by atoms with E-state index in [1.54, 1.807) is 6.20 Å². The second-order valence-electron chi connectivity index (χ2n) is 5.71. The molecule has 0 atom stereocenters. The number of aromatic nitrogens is 1. The van der Waals surface area contributed by atoms with Crippen LogP contribution in [0.1, 0.15) is 32.1 Å². The number of nitrogens with two attached hydrogens (primary N) is 1. The van der Waals surface area contributed by atoms with Gasteiger partial charge in [0, 0.05) is 29.2 Å². The summed E-state index contributed by atoms with van der Waals surface area (Å²) in [5, 5.41) is 3.96. The van der Waals surface area contributed by atoms with Crippen molar-refractivity contribution in [2.45, 2.75) is 37.6 Å². The third kappa shape index (κ3) is 2.80. The van der Waals surface area contributed by atoms with Gasteiger partial charge in [0.2, 0.25) is 5.91 Å². The zero-order chi connectivity index (χ0) is 14.0. The molecule has 20 heavy (non-hydrogen) atoms. The van der Waals surface area contributed by atoms with Gasteiger partial charge in [-0.1, -0.05) is 18.9 Å². The first kappa shape index (κ1) is 13.1. The number of hydrogen-bond acceptors (Lipinski definition) is 3. The first-order valence-corrected chi connectivity index (χ1v) is 7.08. The molecule has 0 radical (unpaired) electrons. The normalized spacial score (nSPS) is 17.2. The number of benzene rings is 1.